The van der Waals surface area contributed by atoms with Crippen molar-refractivity contribution in [3.05, 3.63) is 12.2 Å². The van der Waals surface area contributed by atoms with Gasteiger partial charge in [-0.3, -0.25) is 4.79 Å². The quantitative estimate of drug-likeness (QED) is 0.556. The molecule has 0 aromatic rings. The van der Waals surface area contributed by atoms with E-state index in [1.807, 2.05) is 13.0 Å². The summed E-state index contributed by atoms with van der Waals surface area (Å²) in [7, 11) is 0. The molecule has 1 heteroatoms. The van der Waals surface area contributed by atoms with Gasteiger partial charge in [0, 0.05) is 12.3 Å². The number of carbonyl (C=O) groups is 1. The largest absolute Gasteiger partial charge is 0.299 e. The average molecular weight is 168 g/mol. The molecule has 0 saturated carbocycles. The molecule has 0 rings (SSSR count). The van der Waals surface area contributed by atoms with E-state index in [2.05, 4.69) is 19.9 Å². The lowest BCUT2D eigenvalue weighted by molar-refractivity contribution is -0.122. The van der Waals surface area contributed by atoms with Crippen molar-refractivity contribution < 1.29 is 4.79 Å². The van der Waals surface area contributed by atoms with Gasteiger partial charge in [0.15, 0.2) is 0 Å². The van der Waals surface area contributed by atoms with Crippen molar-refractivity contribution in [2.45, 2.75) is 46.5 Å². The minimum atomic E-state index is 0.265. The number of carbonyl (C=O) groups excluding carboxylic acids is 1. The summed E-state index contributed by atoms with van der Waals surface area (Å²) < 4.78 is 0. The number of ketones is 1. The molecule has 0 aliphatic heterocycles. The molecule has 0 bridgehead atoms. The summed E-state index contributed by atoms with van der Waals surface area (Å²) in [6, 6.07) is 0. The molecule has 0 amide bonds. The van der Waals surface area contributed by atoms with Crippen LogP contribution in [0.4, 0.5) is 0 Å². The highest BCUT2D eigenvalue weighted by Gasteiger charge is 2.12. The lowest BCUT2D eigenvalue weighted by atomic mass is 9.94. The van der Waals surface area contributed by atoms with Crippen molar-refractivity contribution in [2.24, 2.45) is 5.92 Å². The second-order valence-electron chi connectivity index (χ2n) is 3.13. The Hall–Kier alpha value is -0.590. The summed E-state index contributed by atoms with van der Waals surface area (Å²) >= 11 is 0. The fourth-order valence-corrected chi connectivity index (χ4v) is 1.28. The fourth-order valence-electron chi connectivity index (χ4n) is 1.28. The van der Waals surface area contributed by atoms with Gasteiger partial charge in [-0.05, 0) is 26.2 Å². The summed E-state index contributed by atoms with van der Waals surface area (Å²) in [5.74, 6) is 0.694. The maximum Gasteiger partial charge on any atom is 0.136 e. The predicted molar refractivity (Wildman–Crippen MR) is 53.1 cm³/mol. The van der Waals surface area contributed by atoms with Gasteiger partial charge in [-0.25, -0.2) is 0 Å². The standard InChI is InChI=1S/C11H20O/c1-4-7-9-10(6-3)11(12)8-5-2/h4,7,10H,5-6,8-9H2,1-3H3/b7-4+. The van der Waals surface area contributed by atoms with E-state index >= 15 is 0 Å². The van der Waals surface area contributed by atoms with Crippen LogP contribution in [-0.4, -0.2) is 5.78 Å². The molecule has 0 fully saturated rings. The topological polar surface area (TPSA) is 17.1 Å². The molecule has 0 N–H and O–H groups in total. The molecule has 0 aromatic carbocycles. The van der Waals surface area contributed by atoms with Gasteiger partial charge < -0.3 is 0 Å². The highest BCUT2D eigenvalue weighted by Crippen LogP contribution is 2.13. The SMILES string of the molecule is C/C=C/CC(CC)C(=O)CCC. The van der Waals surface area contributed by atoms with Crippen molar-refractivity contribution in [1.82, 2.24) is 0 Å². The Morgan fingerprint density at radius 1 is 1.42 bits per heavy atom. The Balaban J connectivity index is 3.87. The van der Waals surface area contributed by atoms with Crippen LogP contribution in [0.25, 0.3) is 0 Å². The molecule has 1 nitrogen and oxygen atoms in total. The Kier molecular flexibility index (Phi) is 6.73. The minimum absolute atomic E-state index is 0.265. The number of allylic oxidation sites excluding steroid dienone is 2. The van der Waals surface area contributed by atoms with Gasteiger partial charge >= 0.3 is 0 Å². The molecule has 70 valence electrons. The third kappa shape index (κ3) is 4.32. The summed E-state index contributed by atoms with van der Waals surface area (Å²) in [5.41, 5.74) is 0. The van der Waals surface area contributed by atoms with Crippen LogP contribution in [0, 0.1) is 5.92 Å². The van der Waals surface area contributed by atoms with E-state index in [9.17, 15) is 4.79 Å². The Labute approximate surface area is 75.9 Å². The van der Waals surface area contributed by atoms with E-state index in [4.69, 9.17) is 0 Å². The van der Waals surface area contributed by atoms with Gasteiger partial charge in [-0.2, -0.15) is 0 Å². The summed E-state index contributed by atoms with van der Waals surface area (Å²) in [6.45, 7) is 6.14. The van der Waals surface area contributed by atoms with Gasteiger partial charge in [0.1, 0.15) is 5.78 Å². The van der Waals surface area contributed by atoms with Crippen LogP contribution >= 0.6 is 0 Å². The molecule has 0 aromatic heterocycles. The molecule has 0 spiro atoms. The van der Waals surface area contributed by atoms with E-state index in [-0.39, 0.29) is 5.92 Å². The van der Waals surface area contributed by atoms with Crippen molar-refractivity contribution in [2.75, 3.05) is 0 Å². The third-order valence-corrected chi connectivity index (χ3v) is 2.10. The van der Waals surface area contributed by atoms with E-state index in [1.165, 1.54) is 0 Å². The van der Waals surface area contributed by atoms with Crippen LogP contribution in [-0.2, 0) is 4.79 Å². The number of hydrogen-bond donors (Lipinski definition) is 0. The molecule has 0 aliphatic carbocycles. The molecule has 0 saturated heterocycles. The van der Waals surface area contributed by atoms with E-state index in [0.717, 1.165) is 25.7 Å². The molecule has 0 radical (unpaired) electrons. The highest BCUT2D eigenvalue weighted by atomic mass is 16.1. The predicted octanol–water partition coefficient (Wildman–Crippen LogP) is 3.35. The molecule has 1 atom stereocenters. The van der Waals surface area contributed by atoms with Crippen LogP contribution in [0.3, 0.4) is 0 Å². The zero-order chi connectivity index (χ0) is 9.40. The van der Waals surface area contributed by atoms with Gasteiger partial charge in [0.25, 0.3) is 0 Å². The first-order valence-corrected chi connectivity index (χ1v) is 4.90. The van der Waals surface area contributed by atoms with Crippen LogP contribution in [0.1, 0.15) is 46.5 Å². The molecule has 1 unspecified atom stereocenters. The van der Waals surface area contributed by atoms with Gasteiger partial charge in [0.05, 0.1) is 0 Å². The first-order valence-electron chi connectivity index (χ1n) is 4.90. The van der Waals surface area contributed by atoms with Crippen molar-refractivity contribution in [3.8, 4) is 0 Å². The number of rotatable bonds is 6. The normalized spacial score (nSPS) is 13.6. The summed E-state index contributed by atoms with van der Waals surface area (Å²) in [4.78, 5) is 11.4. The lowest BCUT2D eigenvalue weighted by Gasteiger charge is -2.09. The van der Waals surface area contributed by atoms with E-state index in [1.54, 1.807) is 0 Å². The molecule has 0 heterocycles. The van der Waals surface area contributed by atoms with Gasteiger partial charge in [-0.15, -0.1) is 0 Å². The Bertz CT molecular complexity index is 147. The summed E-state index contributed by atoms with van der Waals surface area (Å²) in [5, 5.41) is 0. The van der Waals surface area contributed by atoms with Gasteiger partial charge in [0.2, 0.25) is 0 Å². The second kappa shape index (κ2) is 7.08. The van der Waals surface area contributed by atoms with Crippen molar-refractivity contribution >= 4 is 5.78 Å². The van der Waals surface area contributed by atoms with Crippen LogP contribution in [0.15, 0.2) is 12.2 Å². The van der Waals surface area contributed by atoms with E-state index < -0.39 is 0 Å². The zero-order valence-electron chi connectivity index (χ0n) is 8.47. The summed E-state index contributed by atoms with van der Waals surface area (Å²) in [6.07, 6.45) is 7.72. The van der Waals surface area contributed by atoms with E-state index in [0.29, 0.717) is 5.78 Å². The first kappa shape index (κ1) is 11.4. The monoisotopic (exact) mass is 168 g/mol. The highest BCUT2D eigenvalue weighted by molar-refractivity contribution is 5.81. The number of hydrogen-bond acceptors (Lipinski definition) is 1. The minimum Gasteiger partial charge on any atom is -0.299 e. The lowest BCUT2D eigenvalue weighted by Crippen LogP contribution is -2.12. The third-order valence-electron chi connectivity index (χ3n) is 2.10. The van der Waals surface area contributed by atoms with Crippen molar-refractivity contribution in [1.29, 1.82) is 0 Å². The Morgan fingerprint density at radius 3 is 2.50 bits per heavy atom. The molecule has 0 aliphatic rings. The van der Waals surface area contributed by atoms with Crippen LogP contribution in [0.2, 0.25) is 0 Å². The molecular weight excluding hydrogens is 148 g/mol. The number of Topliss-reactive ketones (excluding diaryl/α,β-unsaturated/α-hetero) is 1. The zero-order valence-corrected chi connectivity index (χ0v) is 8.47. The maximum atomic E-state index is 11.4. The Morgan fingerprint density at radius 2 is 2.08 bits per heavy atom. The van der Waals surface area contributed by atoms with Gasteiger partial charge in [-0.1, -0.05) is 26.0 Å². The molecule has 12 heavy (non-hydrogen) atoms. The average Bonchev–Trinajstić information content (AvgIpc) is 2.06. The molecular formula is C11H20O. The van der Waals surface area contributed by atoms with Crippen LogP contribution in [0.5, 0.6) is 0 Å². The maximum absolute atomic E-state index is 11.4. The fraction of sp³-hybridized carbons (Fsp3) is 0.727. The first-order chi connectivity index (χ1) is 5.76. The second-order valence-corrected chi connectivity index (χ2v) is 3.13. The smallest absolute Gasteiger partial charge is 0.136 e. The van der Waals surface area contributed by atoms with Crippen molar-refractivity contribution in [3.63, 3.8) is 0 Å². The van der Waals surface area contributed by atoms with Crippen LogP contribution < -0.4 is 0 Å².